The number of rotatable bonds is 2. The van der Waals surface area contributed by atoms with E-state index in [1.54, 1.807) is 0 Å². The van der Waals surface area contributed by atoms with Crippen molar-refractivity contribution in [1.29, 1.82) is 0 Å². The molecule has 0 N–H and O–H groups in total. The SMILES string of the molecule is CN(C)C(=O)c1ccnc(F)c1[N+](=O)[O-]. The van der Waals surface area contributed by atoms with Crippen LogP contribution in [0.15, 0.2) is 12.3 Å². The molecule has 6 nitrogen and oxygen atoms in total. The van der Waals surface area contributed by atoms with Gasteiger partial charge in [0.05, 0.1) is 4.92 Å². The van der Waals surface area contributed by atoms with Gasteiger partial charge < -0.3 is 4.90 Å². The van der Waals surface area contributed by atoms with Gasteiger partial charge in [-0.3, -0.25) is 14.9 Å². The van der Waals surface area contributed by atoms with Gasteiger partial charge in [0.1, 0.15) is 5.56 Å². The van der Waals surface area contributed by atoms with Gasteiger partial charge in [0.2, 0.25) is 0 Å². The van der Waals surface area contributed by atoms with E-state index in [1.807, 2.05) is 0 Å². The number of hydrogen-bond donors (Lipinski definition) is 0. The molecule has 0 fully saturated rings. The molecular weight excluding hydrogens is 205 g/mol. The minimum absolute atomic E-state index is 0.308. The number of aromatic nitrogens is 1. The molecule has 1 aromatic rings. The van der Waals surface area contributed by atoms with Gasteiger partial charge in [-0.15, -0.1) is 0 Å². The van der Waals surface area contributed by atoms with Gasteiger partial charge in [-0.25, -0.2) is 4.98 Å². The highest BCUT2D eigenvalue weighted by Crippen LogP contribution is 2.21. The van der Waals surface area contributed by atoms with Gasteiger partial charge in [0.25, 0.3) is 11.9 Å². The normalized spacial score (nSPS) is 9.80. The molecule has 7 heteroatoms. The first-order valence-corrected chi connectivity index (χ1v) is 3.95. The van der Waals surface area contributed by atoms with Gasteiger partial charge in [-0.05, 0) is 6.07 Å². The highest BCUT2D eigenvalue weighted by atomic mass is 19.1. The molecule has 0 saturated carbocycles. The van der Waals surface area contributed by atoms with Crippen molar-refractivity contribution in [2.24, 2.45) is 0 Å². The van der Waals surface area contributed by atoms with Crippen molar-refractivity contribution in [1.82, 2.24) is 9.88 Å². The summed E-state index contributed by atoms with van der Waals surface area (Å²) in [6, 6.07) is 1.11. The van der Waals surface area contributed by atoms with Crippen molar-refractivity contribution in [3.63, 3.8) is 0 Å². The van der Waals surface area contributed by atoms with E-state index in [0.717, 1.165) is 17.2 Å². The third kappa shape index (κ3) is 2.06. The van der Waals surface area contributed by atoms with Crippen LogP contribution in [0.3, 0.4) is 0 Å². The highest BCUT2D eigenvalue weighted by molar-refractivity contribution is 5.97. The highest BCUT2D eigenvalue weighted by Gasteiger charge is 2.26. The molecule has 1 heterocycles. The molecule has 0 saturated heterocycles. The smallest absolute Gasteiger partial charge is 0.336 e. The molecule has 0 bridgehead atoms. The molecular formula is C8H8FN3O3. The summed E-state index contributed by atoms with van der Waals surface area (Å²) in [7, 11) is 2.84. The summed E-state index contributed by atoms with van der Waals surface area (Å²) in [6.45, 7) is 0. The van der Waals surface area contributed by atoms with Crippen LogP contribution in [0.4, 0.5) is 10.1 Å². The van der Waals surface area contributed by atoms with Crippen molar-refractivity contribution in [3.05, 3.63) is 33.9 Å². The summed E-state index contributed by atoms with van der Waals surface area (Å²) in [6.07, 6.45) is 1.01. The molecule has 1 amide bonds. The molecule has 1 aromatic heterocycles. The molecule has 1 rings (SSSR count). The lowest BCUT2D eigenvalue weighted by Crippen LogP contribution is -2.23. The van der Waals surface area contributed by atoms with E-state index in [4.69, 9.17) is 0 Å². The molecule has 0 radical (unpaired) electrons. The number of hydrogen-bond acceptors (Lipinski definition) is 4. The second-order valence-corrected chi connectivity index (χ2v) is 2.95. The fourth-order valence-electron chi connectivity index (χ4n) is 1.02. The van der Waals surface area contributed by atoms with Gasteiger partial charge in [0, 0.05) is 20.3 Å². The summed E-state index contributed by atoms with van der Waals surface area (Å²) >= 11 is 0. The maximum Gasteiger partial charge on any atom is 0.336 e. The van der Waals surface area contributed by atoms with Crippen LogP contribution in [0.25, 0.3) is 0 Å². The van der Waals surface area contributed by atoms with E-state index in [0.29, 0.717) is 0 Å². The Bertz CT molecular complexity index is 420. The average molecular weight is 213 g/mol. The maximum atomic E-state index is 13.0. The van der Waals surface area contributed by atoms with Crippen LogP contribution in [-0.4, -0.2) is 34.8 Å². The van der Waals surface area contributed by atoms with E-state index in [9.17, 15) is 19.3 Å². The van der Waals surface area contributed by atoms with Crippen LogP contribution in [0, 0.1) is 16.1 Å². The van der Waals surface area contributed by atoms with Crippen molar-refractivity contribution < 1.29 is 14.1 Å². The van der Waals surface area contributed by atoms with Crippen LogP contribution in [0.1, 0.15) is 10.4 Å². The molecule has 0 aliphatic heterocycles. The third-order valence-corrected chi connectivity index (χ3v) is 1.70. The molecule has 0 spiro atoms. The van der Waals surface area contributed by atoms with E-state index in [-0.39, 0.29) is 5.56 Å². The predicted octanol–water partition coefficient (Wildman–Crippen LogP) is 0.831. The second-order valence-electron chi connectivity index (χ2n) is 2.95. The zero-order chi connectivity index (χ0) is 11.6. The Morgan fingerprint density at radius 1 is 1.60 bits per heavy atom. The largest absolute Gasteiger partial charge is 0.345 e. The quantitative estimate of drug-likeness (QED) is 0.414. The second kappa shape index (κ2) is 3.99. The summed E-state index contributed by atoms with van der Waals surface area (Å²) in [5.41, 5.74) is -1.20. The number of pyridine rings is 1. The van der Waals surface area contributed by atoms with E-state index < -0.39 is 22.5 Å². The Hall–Kier alpha value is -2.05. The van der Waals surface area contributed by atoms with Crippen molar-refractivity contribution in [3.8, 4) is 0 Å². The molecule has 0 unspecified atom stereocenters. The minimum Gasteiger partial charge on any atom is -0.345 e. The first-order chi connectivity index (χ1) is 6.95. The molecule has 15 heavy (non-hydrogen) atoms. The Labute approximate surface area is 84.5 Å². The molecule has 80 valence electrons. The predicted molar refractivity (Wildman–Crippen MR) is 48.9 cm³/mol. The topological polar surface area (TPSA) is 76.3 Å². The maximum absolute atomic E-state index is 13.0. The van der Waals surface area contributed by atoms with Gasteiger partial charge in [-0.2, -0.15) is 4.39 Å². The molecule has 0 aromatic carbocycles. The lowest BCUT2D eigenvalue weighted by molar-refractivity contribution is -0.388. The zero-order valence-corrected chi connectivity index (χ0v) is 8.10. The fraction of sp³-hybridized carbons (Fsp3) is 0.250. The van der Waals surface area contributed by atoms with E-state index >= 15 is 0 Å². The van der Waals surface area contributed by atoms with E-state index in [1.165, 1.54) is 14.1 Å². The first kappa shape index (κ1) is 11.0. The summed E-state index contributed by atoms with van der Waals surface area (Å²) in [5, 5.41) is 10.5. The Balaban J connectivity index is 3.35. The van der Waals surface area contributed by atoms with Crippen molar-refractivity contribution in [2.75, 3.05) is 14.1 Å². The third-order valence-electron chi connectivity index (χ3n) is 1.70. The number of nitrogens with zero attached hydrogens (tertiary/aromatic N) is 3. The monoisotopic (exact) mass is 213 g/mol. The number of nitro groups is 1. The first-order valence-electron chi connectivity index (χ1n) is 3.95. The van der Waals surface area contributed by atoms with Crippen molar-refractivity contribution >= 4 is 11.6 Å². The fourth-order valence-corrected chi connectivity index (χ4v) is 1.02. The number of carbonyl (C=O) groups is 1. The summed E-state index contributed by atoms with van der Waals surface area (Å²) in [4.78, 5) is 25.3. The van der Waals surface area contributed by atoms with Crippen LogP contribution >= 0.6 is 0 Å². The Kier molecular flexibility index (Phi) is 2.93. The van der Waals surface area contributed by atoms with Gasteiger partial charge in [0.15, 0.2) is 0 Å². The molecule has 0 aliphatic rings. The lowest BCUT2D eigenvalue weighted by Gasteiger charge is -2.09. The summed E-state index contributed by atoms with van der Waals surface area (Å²) in [5.74, 6) is -1.89. The molecule has 0 atom stereocenters. The minimum atomic E-state index is -1.26. The Morgan fingerprint density at radius 2 is 2.20 bits per heavy atom. The average Bonchev–Trinajstić information content (AvgIpc) is 2.15. The number of halogens is 1. The van der Waals surface area contributed by atoms with Gasteiger partial charge in [-0.1, -0.05) is 0 Å². The van der Waals surface area contributed by atoms with Crippen LogP contribution in [-0.2, 0) is 0 Å². The van der Waals surface area contributed by atoms with Crippen LogP contribution in [0.5, 0.6) is 0 Å². The summed E-state index contributed by atoms with van der Waals surface area (Å²) < 4.78 is 13.0. The lowest BCUT2D eigenvalue weighted by atomic mass is 10.2. The van der Waals surface area contributed by atoms with Crippen LogP contribution < -0.4 is 0 Å². The van der Waals surface area contributed by atoms with Crippen LogP contribution in [0.2, 0.25) is 0 Å². The number of carbonyl (C=O) groups excluding carboxylic acids is 1. The standard InChI is InChI=1S/C8H8FN3O3/c1-11(2)8(13)5-3-4-10-7(9)6(5)12(14)15/h3-4H,1-2H3. The molecule has 0 aliphatic carbocycles. The van der Waals surface area contributed by atoms with Crippen molar-refractivity contribution in [2.45, 2.75) is 0 Å². The van der Waals surface area contributed by atoms with E-state index in [2.05, 4.69) is 4.98 Å². The van der Waals surface area contributed by atoms with Gasteiger partial charge >= 0.3 is 5.69 Å². The Morgan fingerprint density at radius 3 is 2.67 bits per heavy atom. The zero-order valence-electron chi connectivity index (χ0n) is 8.10. The number of amides is 1.